The molecule has 0 spiro atoms. The summed E-state index contributed by atoms with van der Waals surface area (Å²) < 4.78 is 18.3. The first-order chi connectivity index (χ1) is 13.9. The number of benzene rings is 2. The van der Waals surface area contributed by atoms with Gasteiger partial charge in [0.15, 0.2) is 0 Å². The van der Waals surface area contributed by atoms with Crippen LogP contribution in [0.5, 0.6) is 5.75 Å². The van der Waals surface area contributed by atoms with E-state index in [9.17, 15) is 14.0 Å². The highest BCUT2D eigenvalue weighted by Gasteiger charge is 2.19. The zero-order valence-corrected chi connectivity index (χ0v) is 17.2. The fourth-order valence-electron chi connectivity index (χ4n) is 2.96. The van der Waals surface area contributed by atoms with Crippen molar-refractivity contribution < 1.29 is 18.7 Å². The molecule has 2 rings (SSSR count). The van der Waals surface area contributed by atoms with E-state index >= 15 is 0 Å². The van der Waals surface area contributed by atoms with Gasteiger partial charge in [0, 0.05) is 13.1 Å². The fourth-order valence-corrected chi connectivity index (χ4v) is 2.96. The summed E-state index contributed by atoms with van der Waals surface area (Å²) >= 11 is 0. The van der Waals surface area contributed by atoms with Crippen LogP contribution in [0.3, 0.4) is 0 Å². The van der Waals surface area contributed by atoms with Gasteiger partial charge in [-0.3, -0.25) is 14.5 Å². The molecule has 7 heteroatoms. The number of nitrogens with one attached hydrogen (secondary N) is 1. The zero-order chi connectivity index (χ0) is 21.2. The Labute approximate surface area is 171 Å². The molecule has 1 N–H and O–H groups in total. The summed E-state index contributed by atoms with van der Waals surface area (Å²) in [7, 11) is 3.36. The largest absolute Gasteiger partial charge is 0.495 e. The SMILES string of the molecule is CCCN(CC(=O)Nc1ccccc1OC)C(=O)CN(C)Cc1ccc(F)cc1. The number of carbonyl (C=O) groups excluding carboxylic acids is 2. The molecule has 29 heavy (non-hydrogen) atoms. The third-order valence-electron chi connectivity index (χ3n) is 4.33. The van der Waals surface area contributed by atoms with E-state index in [0.717, 1.165) is 12.0 Å². The quantitative estimate of drug-likeness (QED) is 0.664. The van der Waals surface area contributed by atoms with Crippen molar-refractivity contribution in [3.05, 3.63) is 59.9 Å². The molecule has 0 aromatic heterocycles. The van der Waals surface area contributed by atoms with Gasteiger partial charge < -0.3 is 15.0 Å². The first-order valence-corrected chi connectivity index (χ1v) is 9.56. The van der Waals surface area contributed by atoms with E-state index in [1.165, 1.54) is 19.2 Å². The summed E-state index contributed by atoms with van der Waals surface area (Å²) in [5, 5.41) is 2.80. The second-order valence-corrected chi connectivity index (χ2v) is 6.86. The van der Waals surface area contributed by atoms with Gasteiger partial charge in [-0.05, 0) is 43.3 Å². The second kappa shape index (κ2) is 11.2. The number of nitrogens with zero attached hydrogens (tertiary/aromatic N) is 2. The van der Waals surface area contributed by atoms with E-state index in [0.29, 0.717) is 24.5 Å². The van der Waals surface area contributed by atoms with Crippen molar-refractivity contribution in [3.63, 3.8) is 0 Å². The van der Waals surface area contributed by atoms with Crippen molar-refractivity contribution in [2.45, 2.75) is 19.9 Å². The molecule has 156 valence electrons. The number of para-hydroxylation sites is 2. The van der Waals surface area contributed by atoms with Crippen LogP contribution in [0.1, 0.15) is 18.9 Å². The van der Waals surface area contributed by atoms with Crippen LogP contribution in [0, 0.1) is 5.82 Å². The van der Waals surface area contributed by atoms with Gasteiger partial charge in [-0.15, -0.1) is 0 Å². The molecule has 0 unspecified atom stereocenters. The summed E-state index contributed by atoms with van der Waals surface area (Å²) in [5.41, 5.74) is 1.48. The molecule has 0 saturated heterocycles. The van der Waals surface area contributed by atoms with E-state index in [1.54, 1.807) is 35.2 Å². The van der Waals surface area contributed by atoms with Gasteiger partial charge in [0.2, 0.25) is 11.8 Å². The van der Waals surface area contributed by atoms with Crippen LogP contribution in [-0.2, 0) is 16.1 Å². The maximum Gasteiger partial charge on any atom is 0.244 e. The molecular formula is C22H28FN3O3. The van der Waals surface area contributed by atoms with Crippen molar-refractivity contribution >= 4 is 17.5 Å². The van der Waals surface area contributed by atoms with Gasteiger partial charge in [0.1, 0.15) is 11.6 Å². The highest BCUT2D eigenvalue weighted by molar-refractivity contribution is 5.95. The number of anilines is 1. The number of hydrogen-bond donors (Lipinski definition) is 1. The lowest BCUT2D eigenvalue weighted by Crippen LogP contribution is -2.43. The van der Waals surface area contributed by atoms with Crippen molar-refractivity contribution in [1.82, 2.24) is 9.80 Å². The lowest BCUT2D eigenvalue weighted by Gasteiger charge is -2.25. The summed E-state index contributed by atoms with van der Waals surface area (Å²) in [6, 6.07) is 13.3. The monoisotopic (exact) mass is 401 g/mol. The van der Waals surface area contributed by atoms with E-state index in [2.05, 4.69) is 5.32 Å². The third kappa shape index (κ3) is 7.19. The van der Waals surface area contributed by atoms with Crippen LogP contribution < -0.4 is 10.1 Å². The van der Waals surface area contributed by atoms with Gasteiger partial charge in [-0.1, -0.05) is 31.2 Å². The third-order valence-corrected chi connectivity index (χ3v) is 4.33. The first kappa shape index (κ1) is 22.4. The minimum Gasteiger partial charge on any atom is -0.495 e. The van der Waals surface area contributed by atoms with Crippen molar-refractivity contribution in [2.75, 3.05) is 39.1 Å². The Bertz CT molecular complexity index is 811. The number of hydrogen-bond acceptors (Lipinski definition) is 4. The molecular weight excluding hydrogens is 373 g/mol. The standard InChI is InChI=1S/C22H28FN3O3/c1-4-13-26(15-21(27)24-19-7-5-6-8-20(19)29-3)22(28)16-25(2)14-17-9-11-18(23)12-10-17/h5-12H,4,13-16H2,1-3H3,(H,24,27). The van der Waals surface area contributed by atoms with E-state index < -0.39 is 0 Å². The molecule has 0 radical (unpaired) electrons. The number of amides is 2. The number of halogens is 1. The highest BCUT2D eigenvalue weighted by Crippen LogP contribution is 2.22. The predicted octanol–water partition coefficient (Wildman–Crippen LogP) is 3.14. The van der Waals surface area contributed by atoms with Gasteiger partial charge in [-0.25, -0.2) is 4.39 Å². The van der Waals surface area contributed by atoms with Crippen LogP contribution in [0.15, 0.2) is 48.5 Å². The average molecular weight is 401 g/mol. The molecule has 0 aliphatic carbocycles. The Morgan fingerprint density at radius 1 is 1.07 bits per heavy atom. The summed E-state index contributed by atoms with van der Waals surface area (Å²) in [4.78, 5) is 28.6. The first-order valence-electron chi connectivity index (χ1n) is 9.56. The van der Waals surface area contributed by atoms with E-state index in [-0.39, 0.29) is 30.7 Å². The number of methoxy groups -OCH3 is 1. The molecule has 0 atom stereocenters. The predicted molar refractivity (Wildman–Crippen MR) is 111 cm³/mol. The summed E-state index contributed by atoms with van der Waals surface area (Å²) in [6.45, 7) is 3.09. The smallest absolute Gasteiger partial charge is 0.244 e. The number of rotatable bonds is 10. The molecule has 2 amide bonds. The summed E-state index contributed by atoms with van der Waals surface area (Å²) in [5.74, 6) is -0.139. The fraction of sp³-hybridized carbons (Fsp3) is 0.364. The van der Waals surface area contributed by atoms with Crippen molar-refractivity contribution in [3.8, 4) is 5.75 Å². The minimum absolute atomic E-state index is 0.0326. The van der Waals surface area contributed by atoms with Crippen molar-refractivity contribution in [2.24, 2.45) is 0 Å². The van der Waals surface area contributed by atoms with Gasteiger partial charge >= 0.3 is 0 Å². The van der Waals surface area contributed by atoms with E-state index in [4.69, 9.17) is 4.74 Å². The molecule has 0 heterocycles. The molecule has 0 bridgehead atoms. The molecule has 2 aromatic carbocycles. The normalized spacial score (nSPS) is 10.7. The number of likely N-dealkylation sites (N-methyl/N-ethyl adjacent to an activating group) is 1. The summed E-state index contributed by atoms with van der Waals surface area (Å²) in [6.07, 6.45) is 0.745. The molecule has 0 aliphatic heterocycles. The van der Waals surface area contributed by atoms with Gasteiger partial charge in [0.25, 0.3) is 0 Å². The van der Waals surface area contributed by atoms with Gasteiger partial charge in [-0.2, -0.15) is 0 Å². The van der Waals surface area contributed by atoms with Crippen molar-refractivity contribution in [1.29, 1.82) is 0 Å². The maximum absolute atomic E-state index is 13.0. The highest BCUT2D eigenvalue weighted by atomic mass is 19.1. The minimum atomic E-state index is -0.289. The molecule has 6 nitrogen and oxygen atoms in total. The Kier molecular flexibility index (Phi) is 8.61. The topological polar surface area (TPSA) is 61.9 Å². The average Bonchev–Trinajstić information content (AvgIpc) is 2.69. The van der Waals surface area contributed by atoms with Crippen LogP contribution in [0.25, 0.3) is 0 Å². The second-order valence-electron chi connectivity index (χ2n) is 6.86. The van der Waals surface area contributed by atoms with Crippen LogP contribution in [-0.4, -0.2) is 55.4 Å². The Hall–Kier alpha value is -2.93. The maximum atomic E-state index is 13.0. The number of carbonyl (C=O) groups is 2. The molecule has 0 saturated carbocycles. The van der Waals surface area contributed by atoms with Crippen LogP contribution >= 0.6 is 0 Å². The van der Waals surface area contributed by atoms with E-state index in [1.807, 2.05) is 24.9 Å². The lowest BCUT2D eigenvalue weighted by molar-refractivity contribution is -0.135. The van der Waals surface area contributed by atoms with Crippen LogP contribution in [0.4, 0.5) is 10.1 Å². The Morgan fingerprint density at radius 2 is 1.76 bits per heavy atom. The Morgan fingerprint density at radius 3 is 2.41 bits per heavy atom. The molecule has 0 aliphatic rings. The van der Waals surface area contributed by atoms with Crippen LogP contribution in [0.2, 0.25) is 0 Å². The zero-order valence-electron chi connectivity index (χ0n) is 17.2. The molecule has 0 fully saturated rings. The molecule has 2 aromatic rings. The number of ether oxygens (including phenoxy) is 1. The van der Waals surface area contributed by atoms with Gasteiger partial charge in [0.05, 0.1) is 25.9 Å². The lowest BCUT2D eigenvalue weighted by atomic mass is 10.2. The Balaban J connectivity index is 1.93.